The Bertz CT molecular complexity index is 984. The van der Waals surface area contributed by atoms with E-state index in [2.05, 4.69) is 43.0 Å². The molecule has 2 aromatic carbocycles. The van der Waals surface area contributed by atoms with E-state index in [4.69, 9.17) is 4.74 Å². The number of rotatable bonds is 7. The van der Waals surface area contributed by atoms with Crippen LogP contribution < -0.4 is 0 Å². The Balaban J connectivity index is 1.65. The molecule has 0 saturated carbocycles. The maximum Gasteiger partial charge on any atom is 0.416 e. The average Bonchev–Trinajstić information content (AvgIpc) is 2.99. The van der Waals surface area contributed by atoms with Crippen molar-refractivity contribution >= 4 is 5.97 Å². The number of alkyl halides is 3. The Morgan fingerprint density at radius 1 is 1.12 bits per heavy atom. The Morgan fingerprint density at radius 3 is 2.38 bits per heavy atom. The second-order valence-corrected chi connectivity index (χ2v) is 10.1. The third-order valence-corrected chi connectivity index (χ3v) is 7.62. The zero-order valence-corrected chi connectivity index (χ0v) is 20.2. The summed E-state index contributed by atoms with van der Waals surface area (Å²) < 4.78 is 44.9. The van der Waals surface area contributed by atoms with Crippen molar-refractivity contribution < 1.29 is 22.7 Å². The van der Waals surface area contributed by atoms with Crippen molar-refractivity contribution in [1.82, 2.24) is 4.90 Å². The molecule has 2 saturated heterocycles. The summed E-state index contributed by atoms with van der Waals surface area (Å²) in [4.78, 5) is 14.7. The summed E-state index contributed by atoms with van der Waals surface area (Å²) in [5.74, 6) is 0.433. The van der Waals surface area contributed by atoms with Gasteiger partial charge in [-0.25, -0.2) is 0 Å². The van der Waals surface area contributed by atoms with E-state index in [1.54, 1.807) is 19.1 Å². The first-order valence-electron chi connectivity index (χ1n) is 12.3. The summed E-state index contributed by atoms with van der Waals surface area (Å²) >= 11 is 0. The van der Waals surface area contributed by atoms with Crippen LogP contribution in [-0.4, -0.2) is 23.5 Å². The van der Waals surface area contributed by atoms with Crippen LogP contribution in [0, 0.1) is 5.92 Å². The van der Waals surface area contributed by atoms with E-state index in [0.717, 1.165) is 37.8 Å². The first kappa shape index (κ1) is 24.8. The Hall–Kier alpha value is -2.34. The molecule has 2 fully saturated rings. The molecule has 2 aliphatic heterocycles. The summed E-state index contributed by atoms with van der Waals surface area (Å²) in [5, 5.41) is 0. The molecule has 6 heteroatoms. The summed E-state index contributed by atoms with van der Waals surface area (Å²) in [5.41, 5.74) is 2.40. The standard InChI is InChI=1S/C28H34F3NO2/c1-4-34-26(33)16-21-15-25-13-14-27(17-21,23-9-11-24(12-10-23)28(29,30)31)32(25)18-20-5-7-22(8-6-20)19(2)3/h5-12,19,21,25H,4,13-18H2,1-3H3/t21?,25-,27-/m0/s1. The van der Waals surface area contributed by atoms with Gasteiger partial charge < -0.3 is 4.74 Å². The number of piperidine rings is 1. The number of benzene rings is 2. The molecule has 34 heavy (non-hydrogen) atoms. The van der Waals surface area contributed by atoms with Crippen LogP contribution in [0.25, 0.3) is 0 Å². The van der Waals surface area contributed by atoms with Crippen molar-refractivity contribution in [3.63, 3.8) is 0 Å². The number of ether oxygens (including phenoxy) is 1. The molecule has 2 aromatic rings. The highest BCUT2D eigenvalue weighted by Gasteiger charge is 2.52. The fraction of sp³-hybridized carbons (Fsp3) is 0.536. The number of carbonyl (C=O) groups excluding carboxylic acids is 1. The number of halogens is 3. The van der Waals surface area contributed by atoms with Crippen LogP contribution in [0.3, 0.4) is 0 Å². The van der Waals surface area contributed by atoms with Gasteiger partial charge in [0.2, 0.25) is 0 Å². The van der Waals surface area contributed by atoms with E-state index in [9.17, 15) is 18.0 Å². The lowest BCUT2D eigenvalue weighted by molar-refractivity contribution is -0.145. The third kappa shape index (κ3) is 5.02. The molecular formula is C28H34F3NO2. The minimum atomic E-state index is -4.36. The molecule has 2 bridgehead atoms. The minimum absolute atomic E-state index is 0.161. The van der Waals surface area contributed by atoms with Crippen LogP contribution >= 0.6 is 0 Å². The quantitative estimate of drug-likeness (QED) is 0.404. The van der Waals surface area contributed by atoms with Gasteiger partial charge in [-0.1, -0.05) is 50.2 Å². The normalized spacial score (nSPS) is 25.0. The molecule has 184 valence electrons. The van der Waals surface area contributed by atoms with Gasteiger partial charge in [0, 0.05) is 24.5 Å². The lowest BCUT2D eigenvalue weighted by Crippen LogP contribution is -2.50. The van der Waals surface area contributed by atoms with Crippen molar-refractivity contribution in [1.29, 1.82) is 0 Å². The molecule has 3 nitrogen and oxygen atoms in total. The highest BCUT2D eigenvalue weighted by molar-refractivity contribution is 5.69. The maximum absolute atomic E-state index is 13.2. The van der Waals surface area contributed by atoms with Crippen LogP contribution in [0.2, 0.25) is 0 Å². The Morgan fingerprint density at radius 2 is 1.79 bits per heavy atom. The van der Waals surface area contributed by atoms with Crippen LogP contribution in [0.1, 0.15) is 81.0 Å². The Labute approximate surface area is 200 Å². The lowest BCUT2D eigenvalue weighted by Gasteiger charge is -2.48. The van der Waals surface area contributed by atoms with E-state index < -0.39 is 11.7 Å². The fourth-order valence-electron chi connectivity index (χ4n) is 5.96. The number of hydrogen-bond acceptors (Lipinski definition) is 3. The maximum atomic E-state index is 13.2. The van der Waals surface area contributed by atoms with Crippen LogP contribution in [0.4, 0.5) is 13.2 Å². The summed E-state index contributed by atoms with van der Waals surface area (Å²) in [6.45, 7) is 7.25. The zero-order chi connectivity index (χ0) is 24.5. The van der Waals surface area contributed by atoms with Gasteiger partial charge in [-0.15, -0.1) is 0 Å². The van der Waals surface area contributed by atoms with Crippen molar-refractivity contribution in [2.75, 3.05) is 6.61 Å². The third-order valence-electron chi connectivity index (χ3n) is 7.62. The van der Waals surface area contributed by atoms with Gasteiger partial charge in [0.15, 0.2) is 0 Å². The summed E-state index contributed by atoms with van der Waals surface area (Å²) in [6, 6.07) is 14.6. The molecule has 3 atom stereocenters. The highest BCUT2D eigenvalue weighted by Crippen LogP contribution is 2.54. The zero-order valence-electron chi connectivity index (χ0n) is 20.2. The lowest BCUT2D eigenvalue weighted by atomic mass is 9.75. The minimum Gasteiger partial charge on any atom is -0.466 e. The molecule has 4 rings (SSSR count). The number of fused-ring (bicyclic) bond motifs is 2. The van der Waals surface area contributed by atoms with Gasteiger partial charge in [0.25, 0.3) is 0 Å². The highest BCUT2D eigenvalue weighted by atomic mass is 19.4. The van der Waals surface area contributed by atoms with Gasteiger partial charge >= 0.3 is 12.1 Å². The molecule has 0 N–H and O–H groups in total. The van der Waals surface area contributed by atoms with Crippen molar-refractivity contribution in [3.05, 3.63) is 70.8 Å². The molecular weight excluding hydrogens is 439 g/mol. The molecule has 0 spiro atoms. The SMILES string of the molecule is CCOC(=O)CC1C[C@@H]2CC[C@@](c3ccc(C(F)(F)F)cc3)(C1)N2Cc1ccc(C(C)C)cc1. The van der Waals surface area contributed by atoms with Crippen molar-refractivity contribution in [3.8, 4) is 0 Å². The molecule has 0 aliphatic carbocycles. The van der Waals surface area contributed by atoms with Crippen LogP contribution in [0.5, 0.6) is 0 Å². The van der Waals surface area contributed by atoms with Gasteiger partial charge in [-0.05, 0) is 73.3 Å². The van der Waals surface area contributed by atoms with Gasteiger partial charge in [0.05, 0.1) is 12.2 Å². The number of hydrogen-bond donors (Lipinski definition) is 0. The van der Waals surface area contributed by atoms with Crippen LogP contribution in [-0.2, 0) is 27.8 Å². The van der Waals surface area contributed by atoms with E-state index >= 15 is 0 Å². The van der Waals surface area contributed by atoms with Crippen molar-refractivity contribution in [2.45, 2.75) is 83.1 Å². The Kier molecular flexibility index (Phi) is 7.09. The predicted molar refractivity (Wildman–Crippen MR) is 126 cm³/mol. The smallest absolute Gasteiger partial charge is 0.416 e. The molecule has 0 radical (unpaired) electrons. The first-order chi connectivity index (χ1) is 16.1. The largest absolute Gasteiger partial charge is 0.466 e. The molecule has 0 amide bonds. The van der Waals surface area contributed by atoms with E-state index in [0.29, 0.717) is 25.0 Å². The number of nitrogens with zero attached hydrogens (tertiary/aromatic N) is 1. The first-order valence-corrected chi connectivity index (χ1v) is 12.3. The second kappa shape index (κ2) is 9.73. The van der Waals surface area contributed by atoms with E-state index in [1.807, 2.05) is 0 Å². The number of esters is 1. The monoisotopic (exact) mass is 473 g/mol. The van der Waals surface area contributed by atoms with Gasteiger partial charge in [0.1, 0.15) is 0 Å². The topological polar surface area (TPSA) is 29.5 Å². The fourth-order valence-corrected chi connectivity index (χ4v) is 5.96. The van der Waals surface area contributed by atoms with Crippen LogP contribution in [0.15, 0.2) is 48.5 Å². The molecule has 2 aliphatic rings. The second-order valence-electron chi connectivity index (χ2n) is 10.1. The summed E-state index contributed by atoms with van der Waals surface area (Å²) in [7, 11) is 0. The molecule has 2 heterocycles. The van der Waals surface area contributed by atoms with Gasteiger partial charge in [-0.2, -0.15) is 13.2 Å². The van der Waals surface area contributed by atoms with E-state index in [-0.39, 0.29) is 17.4 Å². The molecule has 1 unspecified atom stereocenters. The van der Waals surface area contributed by atoms with Gasteiger partial charge in [-0.3, -0.25) is 9.69 Å². The average molecular weight is 474 g/mol. The van der Waals surface area contributed by atoms with E-state index in [1.165, 1.54) is 23.3 Å². The number of carbonyl (C=O) groups is 1. The predicted octanol–water partition coefficient (Wildman–Crippen LogP) is 7.05. The molecule has 0 aromatic heterocycles. The summed E-state index contributed by atoms with van der Waals surface area (Å²) in [6.07, 6.45) is -0.477. The van der Waals surface area contributed by atoms with Crippen molar-refractivity contribution in [2.24, 2.45) is 5.92 Å².